The summed E-state index contributed by atoms with van der Waals surface area (Å²) in [5.41, 5.74) is 2.41. The van der Waals surface area contributed by atoms with Crippen molar-refractivity contribution in [3.8, 4) is 0 Å². The Morgan fingerprint density at radius 3 is 2.81 bits per heavy atom. The third-order valence-corrected chi connectivity index (χ3v) is 8.48. The van der Waals surface area contributed by atoms with Crippen LogP contribution in [-0.2, 0) is 23.4 Å². The Morgan fingerprint density at radius 1 is 1.19 bits per heavy atom. The van der Waals surface area contributed by atoms with Gasteiger partial charge in [-0.2, -0.15) is 0 Å². The number of likely N-dealkylation sites (tertiary alicyclic amines) is 1. The van der Waals surface area contributed by atoms with E-state index < -0.39 is 0 Å². The lowest BCUT2D eigenvalue weighted by Crippen LogP contribution is -2.37. The van der Waals surface area contributed by atoms with E-state index >= 15 is 0 Å². The minimum atomic E-state index is -0.0363. The SMILES string of the molecule is O=C(CSCc1nc2sc3c(c2c(=O)[nH]1)CCC3)NCC(c1ccccc1)N1CCCC1. The van der Waals surface area contributed by atoms with Gasteiger partial charge >= 0.3 is 0 Å². The third-order valence-electron chi connectivity index (χ3n) is 6.35. The zero-order valence-corrected chi connectivity index (χ0v) is 19.7. The lowest BCUT2D eigenvalue weighted by molar-refractivity contribution is -0.118. The number of hydrogen-bond acceptors (Lipinski definition) is 6. The summed E-state index contributed by atoms with van der Waals surface area (Å²) in [6, 6.07) is 10.6. The molecule has 32 heavy (non-hydrogen) atoms. The normalized spacial score (nSPS) is 17.0. The van der Waals surface area contributed by atoms with E-state index in [2.05, 4.69) is 44.5 Å². The van der Waals surface area contributed by atoms with E-state index in [0.29, 0.717) is 23.9 Å². The van der Waals surface area contributed by atoms with Gasteiger partial charge in [0.1, 0.15) is 10.7 Å². The Hall–Kier alpha value is -2.16. The van der Waals surface area contributed by atoms with Crippen molar-refractivity contribution in [3.05, 3.63) is 62.5 Å². The molecule has 1 unspecified atom stereocenters. The number of benzene rings is 1. The number of thioether (sulfide) groups is 1. The van der Waals surface area contributed by atoms with Gasteiger partial charge in [0.25, 0.3) is 5.56 Å². The standard InChI is InChI=1S/C24H28N4O2S2/c29-21(25-13-18(28-11-4-5-12-28)16-7-2-1-3-8-16)15-31-14-20-26-23(30)22-17-9-6-10-19(17)32-24(22)27-20/h1-3,7-8,18H,4-6,9-15H2,(H,25,29)(H,26,27,30). The second kappa shape index (κ2) is 9.77. The van der Waals surface area contributed by atoms with Crippen LogP contribution in [0, 0.1) is 0 Å². The molecule has 1 aromatic carbocycles. The van der Waals surface area contributed by atoms with Gasteiger partial charge in [-0.25, -0.2) is 4.98 Å². The molecule has 2 N–H and O–H groups in total. The highest BCUT2D eigenvalue weighted by Gasteiger charge is 2.24. The van der Waals surface area contributed by atoms with Crippen LogP contribution in [0.2, 0.25) is 0 Å². The number of nitrogens with zero attached hydrogens (tertiary/aromatic N) is 2. The molecule has 5 rings (SSSR count). The van der Waals surface area contributed by atoms with Crippen LogP contribution in [0.15, 0.2) is 35.1 Å². The van der Waals surface area contributed by atoms with E-state index in [0.717, 1.165) is 42.6 Å². The molecule has 1 aliphatic heterocycles. The molecule has 168 valence electrons. The van der Waals surface area contributed by atoms with Crippen molar-refractivity contribution in [1.29, 1.82) is 0 Å². The molecule has 0 spiro atoms. The summed E-state index contributed by atoms with van der Waals surface area (Å²) in [6.45, 7) is 2.78. The van der Waals surface area contributed by atoms with Crippen LogP contribution in [-0.4, -0.2) is 46.2 Å². The van der Waals surface area contributed by atoms with Crippen LogP contribution in [0.5, 0.6) is 0 Å². The minimum absolute atomic E-state index is 0.0219. The van der Waals surface area contributed by atoms with Gasteiger partial charge in [0, 0.05) is 11.4 Å². The monoisotopic (exact) mass is 468 g/mol. The van der Waals surface area contributed by atoms with Crippen molar-refractivity contribution in [3.63, 3.8) is 0 Å². The molecule has 0 radical (unpaired) electrons. The van der Waals surface area contributed by atoms with Gasteiger partial charge in [-0.1, -0.05) is 30.3 Å². The molecule has 3 heterocycles. The van der Waals surface area contributed by atoms with E-state index in [1.807, 2.05) is 6.07 Å². The second-order valence-corrected chi connectivity index (χ2v) is 10.6. The van der Waals surface area contributed by atoms with Gasteiger partial charge in [0.15, 0.2) is 0 Å². The van der Waals surface area contributed by atoms with E-state index in [1.54, 1.807) is 11.3 Å². The lowest BCUT2D eigenvalue weighted by atomic mass is 10.1. The van der Waals surface area contributed by atoms with Crippen LogP contribution in [0.25, 0.3) is 10.2 Å². The van der Waals surface area contributed by atoms with Crippen molar-refractivity contribution in [1.82, 2.24) is 20.2 Å². The number of thiophene rings is 1. The molecule has 1 amide bonds. The first kappa shape index (κ1) is 21.7. The Morgan fingerprint density at radius 2 is 2.00 bits per heavy atom. The number of H-pyrrole nitrogens is 1. The highest BCUT2D eigenvalue weighted by molar-refractivity contribution is 7.99. The summed E-state index contributed by atoms with van der Waals surface area (Å²) in [7, 11) is 0. The molecule has 6 nitrogen and oxygen atoms in total. The highest BCUT2D eigenvalue weighted by atomic mass is 32.2. The first-order chi connectivity index (χ1) is 15.7. The van der Waals surface area contributed by atoms with Crippen molar-refractivity contribution in [2.75, 3.05) is 25.4 Å². The van der Waals surface area contributed by atoms with Crippen LogP contribution in [0.1, 0.15) is 47.1 Å². The van der Waals surface area contributed by atoms with Crippen LogP contribution in [0.3, 0.4) is 0 Å². The number of rotatable bonds is 8. The number of amides is 1. The average Bonchev–Trinajstić information content (AvgIpc) is 3.52. The molecule has 1 saturated heterocycles. The first-order valence-corrected chi connectivity index (χ1v) is 13.3. The molecule has 1 atom stereocenters. The Balaban J connectivity index is 1.16. The molecule has 2 aromatic heterocycles. The number of carbonyl (C=O) groups is 1. The van der Waals surface area contributed by atoms with Gasteiger partial charge in [0.05, 0.1) is 22.9 Å². The maximum absolute atomic E-state index is 12.6. The molecule has 0 saturated carbocycles. The molecule has 0 bridgehead atoms. The first-order valence-electron chi connectivity index (χ1n) is 11.4. The second-order valence-electron chi connectivity index (χ2n) is 8.52. The van der Waals surface area contributed by atoms with Crippen molar-refractivity contribution < 1.29 is 4.79 Å². The summed E-state index contributed by atoms with van der Waals surface area (Å²) in [5, 5.41) is 3.90. The zero-order valence-electron chi connectivity index (χ0n) is 18.1. The zero-order chi connectivity index (χ0) is 21.9. The van der Waals surface area contributed by atoms with Crippen molar-refractivity contribution in [2.45, 2.75) is 43.9 Å². The average molecular weight is 469 g/mol. The van der Waals surface area contributed by atoms with Crippen molar-refractivity contribution >= 4 is 39.2 Å². The summed E-state index contributed by atoms with van der Waals surface area (Å²) in [5.74, 6) is 1.55. The maximum Gasteiger partial charge on any atom is 0.259 e. The van der Waals surface area contributed by atoms with E-state index in [4.69, 9.17) is 0 Å². The molecule has 1 fully saturated rings. The number of hydrogen-bond donors (Lipinski definition) is 2. The lowest BCUT2D eigenvalue weighted by Gasteiger charge is -2.28. The summed E-state index contributed by atoms with van der Waals surface area (Å²) in [6.07, 6.45) is 5.61. The van der Waals surface area contributed by atoms with Gasteiger partial charge in [-0.15, -0.1) is 23.1 Å². The minimum Gasteiger partial charge on any atom is -0.353 e. The largest absolute Gasteiger partial charge is 0.353 e. The number of aromatic nitrogens is 2. The fourth-order valence-corrected chi connectivity index (χ4v) is 6.80. The fraction of sp³-hybridized carbons (Fsp3) is 0.458. The Bertz CT molecular complexity index is 1150. The summed E-state index contributed by atoms with van der Waals surface area (Å²) >= 11 is 3.14. The third kappa shape index (κ3) is 4.63. The van der Waals surface area contributed by atoms with Crippen LogP contribution in [0.4, 0.5) is 0 Å². The number of fused-ring (bicyclic) bond motifs is 3. The van der Waals surface area contributed by atoms with Crippen LogP contribution >= 0.6 is 23.1 Å². The molecule has 3 aromatic rings. The molecule has 8 heteroatoms. The Labute approximate surface area is 195 Å². The topological polar surface area (TPSA) is 78.1 Å². The predicted octanol–water partition coefficient (Wildman–Crippen LogP) is 3.66. The van der Waals surface area contributed by atoms with Crippen molar-refractivity contribution in [2.24, 2.45) is 0 Å². The van der Waals surface area contributed by atoms with E-state index in [9.17, 15) is 9.59 Å². The Kier molecular flexibility index (Phi) is 6.62. The molecule has 1 aliphatic carbocycles. The van der Waals surface area contributed by atoms with Crippen LogP contribution < -0.4 is 10.9 Å². The molecular formula is C24H28N4O2S2. The smallest absolute Gasteiger partial charge is 0.259 e. The molecule has 2 aliphatic rings. The number of aromatic amines is 1. The van der Waals surface area contributed by atoms with Gasteiger partial charge in [0.2, 0.25) is 5.91 Å². The molecular weight excluding hydrogens is 440 g/mol. The quantitative estimate of drug-likeness (QED) is 0.528. The number of nitrogens with one attached hydrogen (secondary N) is 2. The van der Waals surface area contributed by atoms with E-state index in [-0.39, 0.29) is 17.5 Å². The van der Waals surface area contributed by atoms with Gasteiger partial charge in [-0.3, -0.25) is 14.5 Å². The highest BCUT2D eigenvalue weighted by Crippen LogP contribution is 2.34. The number of aryl methyl sites for hydroxylation is 2. The summed E-state index contributed by atoms with van der Waals surface area (Å²) in [4.78, 5) is 37.3. The fourth-order valence-electron chi connectivity index (χ4n) is 4.80. The number of carbonyl (C=O) groups excluding carboxylic acids is 1. The maximum atomic E-state index is 12.6. The van der Waals surface area contributed by atoms with E-state index in [1.165, 1.54) is 40.6 Å². The summed E-state index contributed by atoms with van der Waals surface area (Å²) < 4.78 is 0. The van der Waals surface area contributed by atoms with Gasteiger partial charge in [-0.05, 0) is 56.3 Å². The van der Waals surface area contributed by atoms with Gasteiger partial charge < -0.3 is 10.3 Å². The predicted molar refractivity (Wildman–Crippen MR) is 131 cm³/mol.